The minimum atomic E-state index is -0.689. The zero-order chi connectivity index (χ0) is 15.7. The second-order valence-electron chi connectivity index (χ2n) is 6.60. The van der Waals surface area contributed by atoms with Crippen molar-refractivity contribution < 1.29 is 9.90 Å². The Hall–Kier alpha value is -1.77. The minimum absolute atomic E-state index is 0.295. The van der Waals surface area contributed by atoms with Crippen LogP contribution in [-0.4, -0.2) is 16.1 Å². The SMILES string of the molecule is CCC(Cc1c(C)[nH]c2cc3c(cc12)CCCCC3)C(=O)O. The Bertz CT molecular complexity index is 699. The molecule has 1 aromatic carbocycles. The smallest absolute Gasteiger partial charge is 0.306 e. The summed E-state index contributed by atoms with van der Waals surface area (Å²) in [5.74, 6) is -0.984. The number of hydrogen-bond acceptors (Lipinski definition) is 1. The highest BCUT2D eigenvalue weighted by Crippen LogP contribution is 2.31. The van der Waals surface area contributed by atoms with Crippen molar-refractivity contribution in [1.82, 2.24) is 4.98 Å². The Morgan fingerprint density at radius 3 is 2.55 bits per heavy atom. The molecule has 0 fully saturated rings. The van der Waals surface area contributed by atoms with Gasteiger partial charge in [-0.15, -0.1) is 0 Å². The normalized spacial score (nSPS) is 16.3. The molecule has 1 aliphatic carbocycles. The van der Waals surface area contributed by atoms with Crippen LogP contribution in [0.4, 0.5) is 0 Å². The molecule has 1 aromatic heterocycles. The first-order valence-electron chi connectivity index (χ1n) is 8.46. The van der Waals surface area contributed by atoms with Crippen molar-refractivity contribution in [1.29, 1.82) is 0 Å². The van der Waals surface area contributed by atoms with Crippen molar-refractivity contribution in [3.63, 3.8) is 0 Å². The van der Waals surface area contributed by atoms with E-state index >= 15 is 0 Å². The van der Waals surface area contributed by atoms with Crippen molar-refractivity contribution in [3.05, 3.63) is 34.5 Å². The summed E-state index contributed by atoms with van der Waals surface area (Å²) in [5.41, 5.74) is 6.43. The number of fused-ring (bicyclic) bond motifs is 2. The van der Waals surface area contributed by atoms with Crippen molar-refractivity contribution >= 4 is 16.9 Å². The molecule has 0 saturated carbocycles. The predicted octanol–water partition coefficient (Wildman–Crippen LogP) is 4.40. The van der Waals surface area contributed by atoms with Gasteiger partial charge in [0.2, 0.25) is 0 Å². The lowest BCUT2D eigenvalue weighted by Crippen LogP contribution is -2.15. The number of rotatable bonds is 4. The summed E-state index contributed by atoms with van der Waals surface area (Å²) in [4.78, 5) is 14.8. The lowest BCUT2D eigenvalue weighted by atomic mass is 9.93. The van der Waals surface area contributed by atoms with Gasteiger partial charge in [-0.2, -0.15) is 0 Å². The summed E-state index contributed by atoms with van der Waals surface area (Å²) in [5, 5.41) is 10.6. The second-order valence-corrected chi connectivity index (χ2v) is 6.60. The number of benzene rings is 1. The number of carboxylic acid groups (broad SMARTS) is 1. The van der Waals surface area contributed by atoms with Gasteiger partial charge < -0.3 is 10.1 Å². The van der Waals surface area contributed by atoms with E-state index in [4.69, 9.17) is 0 Å². The minimum Gasteiger partial charge on any atom is -0.481 e. The topological polar surface area (TPSA) is 53.1 Å². The average Bonchev–Trinajstić information content (AvgIpc) is 2.64. The van der Waals surface area contributed by atoms with E-state index in [2.05, 4.69) is 24.0 Å². The number of aromatic nitrogens is 1. The van der Waals surface area contributed by atoms with Gasteiger partial charge in [0, 0.05) is 16.6 Å². The Kier molecular flexibility index (Phi) is 4.23. The average molecular weight is 299 g/mol. The van der Waals surface area contributed by atoms with E-state index < -0.39 is 5.97 Å². The first kappa shape index (κ1) is 15.1. The molecule has 1 aliphatic rings. The van der Waals surface area contributed by atoms with Gasteiger partial charge in [0.05, 0.1) is 5.92 Å². The third kappa shape index (κ3) is 2.77. The molecule has 2 aromatic rings. The molecule has 1 unspecified atom stereocenters. The van der Waals surface area contributed by atoms with Gasteiger partial charge in [-0.1, -0.05) is 13.3 Å². The molecule has 1 atom stereocenters. The summed E-state index contributed by atoms with van der Waals surface area (Å²) in [6, 6.07) is 4.62. The molecule has 0 bridgehead atoms. The van der Waals surface area contributed by atoms with Gasteiger partial charge in [-0.3, -0.25) is 4.79 Å². The van der Waals surface area contributed by atoms with Gasteiger partial charge in [0.15, 0.2) is 0 Å². The Labute approximate surface area is 131 Å². The first-order valence-corrected chi connectivity index (χ1v) is 8.46. The molecule has 2 N–H and O–H groups in total. The maximum absolute atomic E-state index is 11.4. The molecular weight excluding hydrogens is 274 g/mol. The van der Waals surface area contributed by atoms with E-state index in [1.807, 2.05) is 6.92 Å². The third-order valence-corrected chi connectivity index (χ3v) is 5.12. The summed E-state index contributed by atoms with van der Waals surface area (Å²) in [7, 11) is 0. The van der Waals surface area contributed by atoms with Crippen molar-refractivity contribution in [2.24, 2.45) is 5.92 Å². The quantitative estimate of drug-likeness (QED) is 0.822. The monoisotopic (exact) mass is 299 g/mol. The Balaban J connectivity index is 2.05. The molecule has 3 nitrogen and oxygen atoms in total. The predicted molar refractivity (Wildman–Crippen MR) is 89.4 cm³/mol. The second kappa shape index (κ2) is 6.15. The van der Waals surface area contributed by atoms with E-state index in [1.54, 1.807) is 0 Å². The Morgan fingerprint density at radius 1 is 1.23 bits per heavy atom. The number of hydrogen-bond donors (Lipinski definition) is 2. The van der Waals surface area contributed by atoms with Crippen LogP contribution in [0, 0.1) is 12.8 Å². The highest BCUT2D eigenvalue weighted by molar-refractivity contribution is 5.87. The molecule has 3 heteroatoms. The van der Waals surface area contributed by atoms with Crippen molar-refractivity contribution in [2.75, 3.05) is 0 Å². The molecule has 1 heterocycles. The third-order valence-electron chi connectivity index (χ3n) is 5.12. The van der Waals surface area contributed by atoms with Crippen molar-refractivity contribution in [3.8, 4) is 0 Å². The van der Waals surface area contributed by atoms with Crippen LogP contribution in [0.15, 0.2) is 12.1 Å². The summed E-state index contributed by atoms with van der Waals surface area (Å²) in [6.45, 7) is 4.02. The van der Waals surface area contributed by atoms with E-state index in [9.17, 15) is 9.90 Å². The van der Waals surface area contributed by atoms with Crippen molar-refractivity contribution in [2.45, 2.75) is 58.8 Å². The lowest BCUT2D eigenvalue weighted by Gasteiger charge is -2.11. The van der Waals surface area contributed by atoms with Crippen LogP contribution in [0.3, 0.4) is 0 Å². The van der Waals surface area contributed by atoms with Crippen LogP contribution in [0.25, 0.3) is 10.9 Å². The molecule has 118 valence electrons. The van der Waals surface area contributed by atoms with Crippen LogP contribution in [0.2, 0.25) is 0 Å². The molecule has 0 radical (unpaired) electrons. The standard InChI is InChI=1S/C19H25NO2/c1-3-13(19(21)22)9-16-12(2)20-18-11-15-8-6-4-5-7-14(15)10-17(16)18/h10-11,13,20H,3-9H2,1-2H3,(H,21,22). The van der Waals surface area contributed by atoms with E-state index in [0.29, 0.717) is 12.8 Å². The van der Waals surface area contributed by atoms with Gasteiger partial charge in [-0.05, 0) is 74.3 Å². The lowest BCUT2D eigenvalue weighted by molar-refractivity contribution is -0.141. The van der Waals surface area contributed by atoms with Gasteiger partial charge in [-0.25, -0.2) is 0 Å². The number of aliphatic carboxylic acids is 1. The first-order chi connectivity index (χ1) is 10.6. The Morgan fingerprint density at radius 2 is 1.91 bits per heavy atom. The zero-order valence-corrected chi connectivity index (χ0v) is 13.5. The number of aromatic amines is 1. The van der Waals surface area contributed by atoms with Crippen LogP contribution in [0.1, 0.15) is 55.0 Å². The molecule has 22 heavy (non-hydrogen) atoms. The molecule has 0 saturated heterocycles. The molecular formula is C19H25NO2. The van der Waals surface area contributed by atoms with Gasteiger partial charge in [0.1, 0.15) is 0 Å². The summed E-state index contributed by atoms with van der Waals surface area (Å²) < 4.78 is 0. The zero-order valence-electron chi connectivity index (χ0n) is 13.5. The van der Waals surface area contributed by atoms with E-state index in [-0.39, 0.29) is 5.92 Å². The van der Waals surface area contributed by atoms with E-state index in [0.717, 1.165) is 12.1 Å². The van der Waals surface area contributed by atoms with Gasteiger partial charge in [0.25, 0.3) is 0 Å². The number of carbonyl (C=O) groups is 1. The number of carboxylic acids is 1. The number of aryl methyl sites for hydroxylation is 3. The fourth-order valence-corrected chi connectivity index (χ4v) is 3.71. The highest BCUT2D eigenvalue weighted by atomic mass is 16.4. The van der Waals surface area contributed by atoms with Crippen LogP contribution >= 0.6 is 0 Å². The molecule has 0 amide bonds. The molecule has 0 spiro atoms. The van der Waals surface area contributed by atoms with Gasteiger partial charge >= 0.3 is 5.97 Å². The maximum atomic E-state index is 11.4. The van der Waals surface area contributed by atoms with Crippen LogP contribution in [-0.2, 0) is 24.1 Å². The summed E-state index contributed by atoms with van der Waals surface area (Å²) >= 11 is 0. The summed E-state index contributed by atoms with van der Waals surface area (Å²) in [6.07, 6.45) is 7.48. The highest BCUT2D eigenvalue weighted by Gasteiger charge is 2.20. The fourth-order valence-electron chi connectivity index (χ4n) is 3.71. The fraction of sp³-hybridized carbons (Fsp3) is 0.526. The largest absolute Gasteiger partial charge is 0.481 e. The molecule has 3 rings (SSSR count). The van der Waals surface area contributed by atoms with Crippen LogP contribution < -0.4 is 0 Å². The van der Waals surface area contributed by atoms with Crippen LogP contribution in [0.5, 0.6) is 0 Å². The molecule has 0 aliphatic heterocycles. The maximum Gasteiger partial charge on any atom is 0.306 e. The number of nitrogens with one attached hydrogen (secondary N) is 1. The van der Waals surface area contributed by atoms with E-state index in [1.165, 1.54) is 53.3 Å². The number of H-pyrrole nitrogens is 1.